The van der Waals surface area contributed by atoms with E-state index in [0.717, 1.165) is 67.4 Å². The van der Waals surface area contributed by atoms with Crippen molar-refractivity contribution in [1.82, 2.24) is 4.90 Å². The van der Waals surface area contributed by atoms with Gasteiger partial charge >= 0.3 is 0 Å². The maximum absolute atomic E-state index is 14.0. The molecule has 0 amide bonds. The third kappa shape index (κ3) is 2.14. The largest absolute Gasteiger partial charge is 0.381 e. The Morgan fingerprint density at radius 2 is 2.09 bits per heavy atom. The number of aliphatic imine (C=N–C) groups is 1. The van der Waals surface area contributed by atoms with Gasteiger partial charge in [-0.05, 0) is 43.9 Å². The standard InChI is InChI=1S/C18H22FN3O/c1-11(20)14-9-13(19)10-15-12(2)22-6-3-18(4-7-23-8-5-18)17(22)21-16(14)15/h9-11H,2-8,20H2,1H3. The second-order valence-corrected chi connectivity index (χ2v) is 6.86. The van der Waals surface area contributed by atoms with Gasteiger partial charge in [-0.25, -0.2) is 9.38 Å². The number of benzene rings is 1. The van der Waals surface area contributed by atoms with Gasteiger partial charge in [-0.1, -0.05) is 6.58 Å². The molecule has 4 rings (SSSR count). The van der Waals surface area contributed by atoms with E-state index >= 15 is 0 Å². The van der Waals surface area contributed by atoms with Crippen LogP contribution in [-0.4, -0.2) is 30.5 Å². The number of amidine groups is 1. The number of halogens is 1. The zero-order valence-corrected chi connectivity index (χ0v) is 13.4. The van der Waals surface area contributed by atoms with Crippen molar-refractivity contribution in [3.05, 3.63) is 35.7 Å². The van der Waals surface area contributed by atoms with E-state index in [1.54, 1.807) is 0 Å². The first-order valence-electron chi connectivity index (χ1n) is 8.25. The lowest BCUT2D eigenvalue weighted by molar-refractivity contribution is 0.0467. The lowest BCUT2D eigenvalue weighted by atomic mass is 9.78. The third-order valence-electron chi connectivity index (χ3n) is 5.44. The minimum atomic E-state index is -0.282. The van der Waals surface area contributed by atoms with E-state index in [-0.39, 0.29) is 17.3 Å². The van der Waals surface area contributed by atoms with Crippen LogP contribution in [0, 0.1) is 11.2 Å². The summed E-state index contributed by atoms with van der Waals surface area (Å²) >= 11 is 0. The molecule has 0 saturated carbocycles. The summed E-state index contributed by atoms with van der Waals surface area (Å²) in [5.74, 6) is 0.794. The van der Waals surface area contributed by atoms with Crippen molar-refractivity contribution in [2.24, 2.45) is 16.1 Å². The van der Waals surface area contributed by atoms with Crippen molar-refractivity contribution >= 4 is 17.2 Å². The van der Waals surface area contributed by atoms with Gasteiger partial charge in [0, 0.05) is 42.5 Å². The number of ether oxygens (including phenoxy) is 1. The molecule has 2 fully saturated rings. The summed E-state index contributed by atoms with van der Waals surface area (Å²) in [6.07, 6.45) is 3.03. The number of hydrogen-bond donors (Lipinski definition) is 1. The second-order valence-electron chi connectivity index (χ2n) is 6.86. The fourth-order valence-corrected chi connectivity index (χ4v) is 4.07. The molecule has 1 aromatic carbocycles. The van der Waals surface area contributed by atoms with E-state index < -0.39 is 0 Å². The molecule has 0 aliphatic carbocycles. The number of hydrogen-bond acceptors (Lipinski definition) is 4. The molecule has 1 unspecified atom stereocenters. The summed E-state index contributed by atoms with van der Waals surface area (Å²) in [6, 6.07) is 2.76. The molecule has 1 aromatic rings. The normalized spacial score (nSPS) is 23.5. The molecule has 1 atom stereocenters. The average Bonchev–Trinajstić information content (AvgIpc) is 2.87. The molecule has 4 nitrogen and oxygen atoms in total. The summed E-state index contributed by atoms with van der Waals surface area (Å²) in [5.41, 5.74) is 9.29. The topological polar surface area (TPSA) is 50.8 Å². The maximum atomic E-state index is 14.0. The predicted octanol–water partition coefficient (Wildman–Crippen LogP) is 3.36. The van der Waals surface area contributed by atoms with Crippen molar-refractivity contribution in [2.75, 3.05) is 19.8 Å². The average molecular weight is 315 g/mol. The zero-order valence-electron chi connectivity index (χ0n) is 13.4. The number of nitrogens with zero attached hydrogens (tertiary/aromatic N) is 2. The fourth-order valence-electron chi connectivity index (χ4n) is 4.07. The van der Waals surface area contributed by atoms with Gasteiger partial charge in [-0.2, -0.15) is 0 Å². The SMILES string of the molecule is C=C1c2cc(F)cc(C(C)N)c2N=C2N1CCC21CCOCC1. The molecule has 1 spiro atoms. The highest BCUT2D eigenvalue weighted by molar-refractivity contribution is 6.03. The maximum Gasteiger partial charge on any atom is 0.124 e. The highest BCUT2D eigenvalue weighted by Gasteiger charge is 2.48. The third-order valence-corrected chi connectivity index (χ3v) is 5.44. The fraction of sp³-hybridized carbons (Fsp3) is 0.500. The molecule has 0 aromatic heterocycles. The highest BCUT2D eigenvalue weighted by Crippen LogP contribution is 2.49. The van der Waals surface area contributed by atoms with Crippen LogP contribution in [0.4, 0.5) is 10.1 Å². The Morgan fingerprint density at radius 1 is 1.35 bits per heavy atom. The number of rotatable bonds is 1. The molecule has 3 aliphatic rings. The van der Waals surface area contributed by atoms with Crippen LogP contribution in [0.3, 0.4) is 0 Å². The molecule has 2 saturated heterocycles. The molecule has 5 heteroatoms. The van der Waals surface area contributed by atoms with Crippen LogP contribution in [-0.2, 0) is 4.74 Å². The van der Waals surface area contributed by atoms with Gasteiger partial charge in [0.25, 0.3) is 0 Å². The minimum Gasteiger partial charge on any atom is -0.381 e. The van der Waals surface area contributed by atoms with Crippen LogP contribution in [0.5, 0.6) is 0 Å². The summed E-state index contributed by atoms with van der Waals surface area (Å²) in [6.45, 7) is 8.53. The highest BCUT2D eigenvalue weighted by atomic mass is 19.1. The van der Waals surface area contributed by atoms with Gasteiger partial charge < -0.3 is 15.4 Å². The molecular weight excluding hydrogens is 293 g/mol. The van der Waals surface area contributed by atoms with Crippen LogP contribution in [0.1, 0.15) is 43.4 Å². The first-order chi connectivity index (χ1) is 11.0. The first-order valence-corrected chi connectivity index (χ1v) is 8.25. The Balaban J connectivity index is 1.89. The van der Waals surface area contributed by atoms with Crippen molar-refractivity contribution in [1.29, 1.82) is 0 Å². The van der Waals surface area contributed by atoms with E-state index in [1.165, 1.54) is 12.1 Å². The Hall–Kier alpha value is -1.72. The van der Waals surface area contributed by atoms with Crippen molar-refractivity contribution in [3.8, 4) is 0 Å². The van der Waals surface area contributed by atoms with E-state index in [0.29, 0.717) is 0 Å². The van der Waals surface area contributed by atoms with Crippen LogP contribution in [0.2, 0.25) is 0 Å². The molecule has 3 aliphatic heterocycles. The summed E-state index contributed by atoms with van der Waals surface area (Å²) < 4.78 is 19.5. The summed E-state index contributed by atoms with van der Waals surface area (Å²) in [5, 5.41) is 0. The Kier molecular flexibility index (Phi) is 3.32. The monoisotopic (exact) mass is 315 g/mol. The zero-order chi connectivity index (χ0) is 16.2. The summed E-state index contributed by atoms with van der Waals surface area (Å²) in [7, 11) is 0. The predicted molar refractivity (Wildman–Crippen MR) is 88.9 cm³/mol. The van der Waals surface area contributed by atoms with Crippen LogP contribution in [0.25, 0.3) is 5.70 Å². The number of fused-ring (bicyclic) bond motifs is 3. The van der Waals surface area contributed by atoms with Crippen molar-refractivity contribution in [3.63, 3.8) is 0 Å². The van der Waals surface area contributed by atoms with E-state index in [2.05, 4.69) is 11.5 Å². The molecule has 23 heavy (non-hydrogen) atoms. The quantitative estimate of drug-likeness (QED) is 0.864. The van der Waals surface area contributed by atoms with E-state index in [4.69, 9.17) is 15.5 Å². The van der Waals surface area contributed by atoms with Crippen LogP contribution < -0.4 is 5.73 Å². The van der Waals surface area contributed by atoms with Gasteiger partial charge in [0.15, 0.2) is 0 Å². The lowest BCUT2D eigenvalue weighted by Crippen LogP contribution is -2.39. The Labute approximate surface area is 135 Å². The van der Waals surface area contributed by atoms with Crippen molar-refractivity contribution in [2.45, 2.75) is 32.2 Å². The lowest BCUT2D eigenvalue weighted by Gasteiger charge is -2.37. The first kappa shape index (κ1) is 14.8. The van der Waals surface area contributed by atoms with Gasteiger partial charge in [0.1, 0.15) is 11.7 Å². The van der Waals surface area contributed by atoms with E-state index in [1.807, 2.05) is 6.92 Å². The van der Waals surface area contributed by atoms with Gasteiger partial charge in [-0.15, -0.1) is 0 Å². The number of nitrogens with two attached hydrogens (primary N) is 1. The van der Waals surface area contributed by atoms with Crippen molar-refractivity contribution < 1.29 is 9.13 Å². The smallest absolute Gasteiger partial charge is 0.124 e. The van der Waals surface area contributed by atoms with Crippen LogP contribution in [0.15, 0.2) is 23.7 Å². The minimum absolute atomic E-state index is 0.0718. The molecule has 122 valence electrons. The van der Waals surface area contributed by atoms with E-state index in [9.17, 15) is 4.39 Å². The van der Waals surface area contributed by atoms with Gasteiger partial charge in [0.05, 0.1) is 5.69 Å². The summed E-state index contributed by atoms with van der Waals surface area (Å²) in [4.78, 5) is 7.14. The second kappa shape index (κ2) is 5.14. The Morgan fingerprint density at radius 3 is 2.78 bits per heavy atom. The van der Waals surface area contributed by atoms with Crippen LogP contribution >= 0.6 is 0 Å². The molecule has 0 bridgehead atoms. The Bertz CT molecular complexity index is 704. The van der Waals surface area contributed by atoms with Gasteiger partial charge in [0.2, 0.25) is 0 Å². The molecule has 3 heterocycles. The molecule has 0 radical (unpaired) electrons. The van der Waals surface area contributed by atoms with Gasteiger partial charge in [-0.3, -0.25) is 0 Å². The molecular formula is C18H22FN3O. The molecule has 2 N–H and O–H groups in total.